The SMILES string of the molecule is CCN(CCSC)CC(C)(C)CN. The van der Waals surface area contributed by atoms with E-state index < -0.39 is 0 Å². The number of hydrogen-bond donors (Lipinski definition) is 1. The van der Waals surface area contributed by atoms with E-state index >= 15 is 0 Å². The molecule has 0 aromatic rings. The second-order valence-corrected chi connectivity index (χ2v) is 5.22. The zero-order chi connectivity index (χ0) is 10.3. The Bertz CT molecular complexity index is 126. The largest absolute Gasteiger partial charge is 0.330 e. The Morgan fingerprint density at radius 3 is 2.38 bits per heavy atom. The average molecular weight is 204 g/mol. The van der Waals surface area contributed by atoms with Crippen LogP contribution in [-0.4, -0.2) is 43.1 Å². The molecular weight excluding hydrogens is 180 g/mol. The normalized spacial score (nSPS) is 12.5. The molecule has 0 aromatic heterocycles. The van der Waals surface area contributed by atoms with Crippen LogP contribution in [0.3, 0.4) is 0 Å². The number of rotatable bonds is 7. The van der Waals surface area contributed by atoms with Crippen molar-refractivity contribution in [3.63, 3.8) is 0 Å². The van der Waals surface area contributed by atoms with E-state index in [0.717, 1.165) is 19.6 Å². The summed E-state index contributed by atoms with van der Waals surface area (Å²) in [4.78, 5) is 2.48. The smallest absolute Gasteiger partial charge is 0.00724 e. The molecule has 0 bridgehead atoms. The zero-order valence-corrected chi connectivity index (χ0v) is 10.3. The van der Waals surface area contributed by atoms with Gasteiger partial charge in [0.1, 0.15) is 0 Å². The second-order valence-electron chi connectivity index (χ2n) is 4.23. The van der Waals surface area contributed by atoms with Crippen LogP contribution in [0, 0.1) is 5.41 Å². The van der Waals surface area contributed by atoms with Gasteiger partial charge in [-0.25, -0.2) is 0 Å². The monoisotopic (exact) mass is 204 g/mol. The van der Waals surface area contributed by atoms with E-state index in [1.54, 1.807) is 0 Å². The average Bonchev–Trinajstić information content (AvgIpc) is 2.12. The van der Waals surface area contributed by atoms with Crippen molar-refractivity contribution in [2.24, 2.45) is 11.1 Å². The minimum absolute atomic E-state index is 0.258. The van der Waals surface area contributed by atoms with Crippen molar-refractivity contribution in [1.82, 2.24) is 4.90 Å². The van der Waals surface area contributed by atoms with Crippen LogP contribution in [-0.2, 0) is 0 Å². The molecule has 0 atom stereocenters. The molecule has 0 heterocycles. The van der Waals surface area contributed by atoms with Gasteiger partial charge in [0.15, 0.2) is 0 Å². The van der Waals surface area contributed by atoms with Gasteiger partial charge >= 0.3 is 0 Å². The van der Waals surface area contributed by atoms with E-state index in [1.165, 1.54) is 12.3 Å². The third kappa shape index (κ3) is 6.36. The summed E-state index contributed by atoms with van der Waals surface area (Å²) in [6, 6.07) is 0. The molecule has 0 saturated heterocycles. The Morgan fingerprint density at radius 1 is 1.38 bits per heavy atom. The van der Waals surface area contributed by atoms with Crippen LogP contribution < -0.4 is 5.73 Å². The van der Waals surface area contributed by atoms with Gasteiger partial charge in [-0.1, -0.05) is 20.8 Å². The lowest BCUT2D eigenvalue weighted by atomic mass is 9.93. The fourth-order valence-electron chi connectivity index (χ4n) is 1.24. The molecule has 3 heteroatoms. The Labute approximate surface area is 87.2 Å². The van der Waals surface area contributed by atoms with E-state index in [1.807, 2.05) is 11.8 Å². The van der Waals surface area contributed by atoms with E-state index in [2.05, 4.69) is 31.9 Å². The van der Waals surface area contributed by atoms with Crippen molar-refractivity contribution in [1.29, 1.82) is 0 Å². The number of hydrogen-bond acceptors (Lipinski definition) is 3. The van der Waals surface area contributed by atoms with Crippen molar-refractivity contribution >= 4 is 11.8 Å². The Morgan fingerprint density at radius 2 is 2.00 bits per heavy atom. The highest BCUT2D eigenvalue weighted by Gasteiger charge is 2.18. The topological polar surface area (TPSA) is 29.3 Å². The minimum Gasteiger partial charge on any atom is -0.330 e. The molecule has 0 spiro atoms. The molecule has 0 amide bonds. The van der Waals surface area contributed by atoms with E-state index in [0.29, 0.717) is 0 Å². The van der Waals surface area contributed by atoms with Gasteiger partial charge in [0.05, 0.1) is 0 Å². The van der Waals surface area contributed by atoms with Gasteiger partial charge in [0.25, 0.3) is 0 Å². The molecule has 2 nitrogen and oxygen atoms in total. The quantitative estimate of drug-likeness (QED) is 0.684. The lowest BCUT2D eigenvalue weighted by Crippen LogP contribution is -2.39. The molecule has 0 aliphatic carbocycles. The first kappa shape index (κ1) is 13.3. The summed E-state index contributed by atoms with van der Waals surface area (Å²) in [7, 11) is 0. The van der Waals surface area contributed by atoms with Gasteiger partial charge in [-0.15, -0.1) is 0 Å². The van der Waals surface area contributed by atoms with Crippen LogP contribution in [0.25, 0.3) is 0 Å². The molecule has 0 aromatic carbocycles. The predicted octanol–water partition coefficient (Wildman–Crippen LogP) is 1.66. The van der Waals surface area contributed by atoms with Crippen molar-refractivity contribution in [2.75, 3.05) is 38.2 Å². The van der Waals surface area contributed by atoms with E-state index in [-0.39, 0.29) is 5.41 Å². The molecule has 2 N–H and O–H groups in total. The molecule has 0 rings (SSSR count). The lowest BCUT2D eigenvalue weighted by molar-refractivity contribution is 0.199. The third-order valence-electron chi connectivity index (χ3n) is 2.26. The van der Waals surface area contributed by atoms with Crippen molar-refractivity contribution in [3.8, 4) is 0 Å². The van der Waals surface area contributed by atoms with Gasteiger partial charge in [-0.05, 0) is 24.8 Å². The van der Waals surface area contributed by atoms with Crippen molar-refractivity contribution in [3.05, 3.63) is 0 Å². The second kappa shape index (κ2) is 6.68. The molecule has 0 aliphatic rings. The first-order valence-electron chi connectivity index (χ1n) is 4.97. The standard InChI is InChI=1S/C10H24N2S/c1-5-12(6-7-13-4)9-10(2,3)8-11/h5-9,11H2,1-4H3. The molecule has 0 saturated carbocycles. The Hall–Kier alpha value is 0.270. The van der Waals surface area contributed by atoms with Crippen LogP contribution in [0.1, 0.15) is 20.8 Å². The summed E-state index contributed by atoms with van der Waals surface area (Å²) in [5, 5.41) is 0. The number of thioether (sulfide) groups is 1. The van der Waals surface area contributed by atoms with E-state index in [9.17, 15) is 0 Å². The lowest BCUT2D eigenvalue weighted by Gasteiger charge is -2.30. The van der Waals surface area contributed by atoms with Crippen molar-refractivity contribution in [2.45, 2.75) is 20.8 Å². The van der Waals surface area contributed by atoms with Gasteiger partial charge in [-0.3, -0.25) is 0 Å². The van der Waals surface area contributed by atoms with Gasteiger partial charge < -0.3 is 10.6 Å². The van der Waals surface area contributed by atoms with Crippen LogP contribution >= 0.6 is 11.8 Å². The minimum atomic E-state index is 0.258. The number of nitrogens with zero attached hydrogens (tertiary/aromatic N) is 1. The van der Waals surface area contributed by atoms with Gasteiger partial charge in [-0.2, -0.15) is 11.8 Å². The predicted molar refractivity (Wildman–Crippen MR) is 63.3 cm³/mol. The first-order chi connectivity index (χ1) is 6.05. The Balaban J connectivity index is 3.82. The molecule has 13 heavy (non-hydrogen) atoms. The maximum absolute atomic E-state index is 5.71. The van der Waals surface area contributed by atoms with Crippen LogP contribution in [0.2, 0.25) is 0 Å². The molecule has 0 unspecified atom stereocenters. The molecule has 0 aliphatic heterocycles. The Kier molecular flexibility index (Phi) is 6.82. The highest BCUT2D eigenvalue weighted by atomic mass is 32.2. The zero-order valence-electron chi connectivity index (χ0n) is 9.47. The van der Waals surface area contributed by atoms with Crippen LogP contribution in [0.4, 0.5) is 0 Å². The maximum Gasteiger partial charge on any atom is 0.00724 e. The summed E-state index contributed by atoms with van der Waals surface area (Å²) in [5.41, 5.74) is 5.96. The molecule has 0 fully saturated rings. The summed E-state index contributed by atoms with van der Waals surface area (Å²) in [5.74, 6) is 1.22. The summed E-state index contributed by atoms with van der Waals surface area (Å²) < 4.78 is 0. The molecule has 80 valence electrons. The highest BCUT2D eigenvalue weighted by Crippen LogP contribution is 2.14. The molecular formula is C10H24N2S. The van der Waals surface area contributed by atoms with E-state index in [4.69, 9.17) is 5.73 Å². The maximum atomic E-state index is 5.71. The van der Waals surface area contributed by atoms with Crippen molar-refractivity contribution < 1.29 is 0 Å². The summed E-state index contributed by atoms with van der Waals surface area (Å²) in [6.45, 7) is 10.9. The summed E-state index contributed by atoms with van der Waals surface area (Å²) >= 11 is 1.91. The third-order valence-corrected chi connectivity index (χ3v) is 2.85. The molecule has 0 radical (unpaired) electrons. The fourth-order valence-corrected chi connectivity index (χ4v) is 1.68. The van der Waals surface area contributed by atoms with Crippen LogP contribution in [0.5, 0.6) is 0 Å². The fraction of sp³-hybridized carbons (Fsp3) is 1.00. The number of nitrogens with two attached hydrogens (primary N) is 1. The van der Waals surface area contributed by atoms with Crippen LogP contribution in [0.15, 0.2) is 0 Å². The summed E-state index contributed by atoms with van der Waals surface area (Å²) in [6.07, 6.45) is 2.15. The van der Waals surface area contributed by atoms with Gasteiger partial charge in [0, 0.05) is 18.8 Å². The first-order valence-corrected chi connectivity index (χ1v) is 6.36. The highest BCUT2D eigenvalue weighted by molar-refractivity contribution is 7.98. The van der Waals surface area contributed by atoms with Gasteiger partial charge in [0.2, 0.25) is 0 Å².